The van der Waals surface area contributed by atoms with Crippen molar-refractivity contribution in [1.82, 2.24) is 0 Å². The standard InChI is InChI=1S/C35H50O8Si2/c1-8-25-38-26-15-27-39-28-24-33(40-42-34(36)29-16-20-31(21-17-29)44(9-2,10-3)11-4)41-43-35(37)30-18-22-32(23-19-30)45(12-5,13-6)14-7/h9,12,16-23H,1-2,5,8,10-11,13-15,24-28H2,3-4,6-7H3. The van der Waals surface area contributed by atoms with Gasteiger partial charge in [-0.25, -0.2) is 9.59 Å². The van der Waals surface area contributed by atoms with E-state index in [1.165, 1.54) is 10.4 Å². The van der Waals surface area contributed by atoms with E-state index in [4.69, 9.17) is 29.0 Å². The molecule has 0 bridgehead atoms. The van der Waals surface area contributed by atoms with E-state index in [1.54, 1.807) is 24.3 Å². The Bertz CT molecular complexity index is 1090. The van der Waals surface area contributed by atoms with Crippen LogP contribution in [0, 0.1) is 13.2 Å². The maximum atomic E-state index is 12.8. The summed E-state index contributed by atoms with van der Waals surface area (Å²) in [7, 11) is -3.61. The summed E-state index contributed by atoms with van der Waals surface area (Å²) in [6.45, 7) is 22.3. The fraction of sp³-hybridized carbons (Fsp3) is 0.429. The summed E-state index contributed by atoms with van der Waals surface area (Å²) < 4.78 is 11.0. The quantitative estimate of drug-likeness (QED) is 0.0552. The van der Waals surface area contributed by atoms with Crippen LogP contribution in [0.5, 0.6) is 0 Å². The van der Waals surface area contributed by atoms with Gasteiger partial charge < -0.3 is 9.47 Å². The highest BCUT2D eigenvalue weighted by Crippen LogP contribution is 2.20. The smallest absolute Gasteiger partial charge is 0.373 e. The van der Waals surface area contributed by atoms with E-state index in [-0.39, 0.29) is 19.3 Å². The van der Waals surface area contributed by atoms with Crippen molar-refractivity contribution < 1.29 is 38.6 Å². The lowest BCUT2D eigenvalue weighted by Crippen LogP contribution is -2.44. The highest BCUT2D eigenvalue weighted by atomic mass is 28.3. The van der Waals surface area contributed by atoms with Crippen LogP contribution in [0.2, 0.25) is 24.2 Å². The molecule has 2 radical (unpaired) electrons. The van der Waals surface area contributed by atoms with Crippen LogP contribution < -0.4 is 10.4 Å². The zero-order chi connectivity index (χ0) is 33.1. The van der Waals surface area contributed by atoms with Gasteiger partial charge in [0.2, 0.25) is 0 Å². The summed E-state index contributed by atoms with van der Waals surface area (Å²) in [6.07, 6.45) is 1.23. The number of hydrogen-bond donors (Lipinski definition) is 0. The third-order valence-electron chi connectivity index (χ3n) is 8.43. The van der Waals surface area contributed by atoms with E-state index >= 15 is 0 Å². The highest BCUT2D eigenvalue weighted by molar-refractivity contribution is 6.96. The molecule has 2 aromatic carbocycles. The van der Waals surface area contributed by atoms with Crippen molar-refractivity contribution in [2.45, 2.75) is 71.1 Å². The Morgan fingerprint density at radius 1 is 0.622 bits per heavy atom. The molecule has 0 fully saturated rings. The lowest BCUT2D eigenvalue weighted by molar-refractivity contribution is -0.364. The van der Waals surface area contributed by atoms with Gasteiger partial charge in [0.1, 0.15) is 16.1 Å². The minimum Gasteiger partial charge on any atom is -0.381 e. The molecule has 0 aliphatic carbocycles. The number of ether oxygens (including phenoxy) is 2. The normalized spacial score (nSPS) is 11.8. The fourth-order valence-electron chi connectivity index (χ4n) is 5.09. The van der Waals surface area contributed by atoms with Gasteiger partial charge in [0.05, 0.1) is 17.7 Å². The van der Waals surface area contributed by atoms with Crippen LogP contribution in [0.15, 0.2) is 73.1 Å². The summed E-state index contributed by atoms with van der Waals surface area (Å²) in [4.78, 5) is 46.1. The predicted octanol–water partition coefficient (Wildman–Crippen LogP) is 6.93. The molecule has 2 rings (SSSR count). The van der Waals surface area contributed by atoms with Crippen LogP contribution in [0.4, 0.5) is 0 Å². The summed E-state index contributed by atoms with van der Waals surface area (Å²) in [5, 5.41) is 2.40. The zero-order valence-corrected chi connectivity index (χ0v) is 29.4. The molecule has 0 spiro atoms. The molecule has 0 N–H and O–H groups in total. The Labute approximate surface area is 271 Å². The third-order valence-corrected chi connectivity index (χ3v) is 18.0. The van der Waals surface area contributed by atoms with Gasteiger partial charge in [-0.15, -0.1) is 22.9 Å². The van der Waals surface area contributed by atoms with Crippen LogP contribution in [-0.4, -0.2) is 54.5 Å². The summed E-state index contributed by atoms with van der Waals surface area (Å²) in [5.74, 6) is -1.43. The molecule has 2 aromatic rings. The van der Waals surface area contributed by atoms with Crippen molar-refractivity contribution in [3.63, 3.8) is 0 Å². The molecule has 10 heteroatoms. The molecule has 0 atom stereocenters. The van der Waals surface area contributed by atoms with Gasteiger partial charge in [-0.2, -0.15) is 0 Å². The van der Waals surface area contributed by atoms with Crippen LogP contribution in [0.1, 0.15) is 67.7 Å². The largest absolute Gasteiger partial charge is 0.381 e. The van der Waals surface area contributed by atoms with Gasteiger partial charge in [-0.3, -0.25) is 9.78 Å². The van der Waals surface area contributed by atoms with Crippen LogP contribution in [0.25, 0.3) is 0 Å². The monoisotopic (exact) mass is 654 g/mol. The Morgan fingerprint density at radius 2 is 1.02 bits per heavy atom. The summed E-state index contributed by atoms with van der Waals surface area (Å²) in [6, 6.07) is 18.7. The van der Waals surface area contributed by atoms with Gasteiger partial charge in [0.15, 0.2) is 0 Å². The van der Waals surface area contributed by atoms with Crippen LogP contribution in [-0.2, 0) is 29.0 Å². The van der Waals surface area contributed by atoms with E-state index in [0.29, 0.717) is 43.8 Å². The molecule has 0 amide bonds. The Hall–Kier alpha value is -2.87. The van der Waals surface area contributed by atoms with Crippen molar-refractivity contribution >= 4 is 38.5 Å². The average molecular weight is 655 g/mol. The van der Waals surface area contributed by atoms with E-state index in [1.807, 2.05) is 24.3 Å². The average Bonchev–Trinajstić information content (AvgIpc) is 3.09. The number of benzene rings is 2. The SMILES string of the molecule is [CH2]CCOCCCOCC[C](OOC(=O)c1ccc([Si](C=C)(CC)CC)cc1)OOC(=O)c1ccc([Si](C=C)(CC)CC)cc1. The fourth-order valence-corrected chi connectivity index (χ4v) is 11.0. The Kier molecular flexibility index (Phi) is 17.3. The zero-order valence-electron chi connectivity index (χ0n) is 27.4. The van der Waals surface area contributed by atoms with Crippen molar-refractivity contribution in [2.24, 2.45) is 0 Å². The molecular formula is C35H50O8Si2. The van der Waals surface area contributed by atoms with Crippen molar-refractivity contribution in [1.29, 1.82) is 0 Å². The molecule has 0 saturated heterocycles. The lowest BCUT2D eigenvalue weighted by Gasteiger charge is -2.26. The van der Waals surface area contributed by atoms with Crippen molar-refractivity contribution in [3.05, 3.63) is 97.4 Å². The third kappa shape index (κ3) is 11.2. The molecule has 45 heavy (non-hydrogen) atoms. The molecule has 0 aliphatic rings. The van der Waals surface area contributed by atoms with Gasteiger partial charge in [0.25, 0.3) is 0 Å². The highest BCUT2D eigenvalue weighted by Gasteiger charge is 2.29. The summed E-state index contributed by atoms with van der Waals surface area (Å²) in [5.41, 5.74) is 4.79. The van der Waals surface area contributed by atoms with Gasteiger partial charge in [0, 0.05) is 26.2 Å². The first kappa shape index (κ1) is 38.3. The Balaban J connectivity index is 2.03. The van der Waals surface area contributed by atoms with Gasteiger partial charge in [-0.1, -0.05) is 105 Å². The maximum Gasteiger partial charge on any atom is 0.373 e. The number of rotatable bonds is 23. The van der Waals surface area contributed by atoms with E-state index in [9.17, 15) is 9.59 Å². The number of carbonyl (C=O) groups is 2. The summed E-state index contributed by atoms with van der Waals surface area (Å²) >= 11 is 0. The topological polar surface area (TPSA) is 89.5 Å². The minimum absolute atomic E-state index is 0.0546. The lowest BCUT2D eigenvalue weighted by atomic mass is 10.2. The predicted molar refractivity (Wildman–Crippen MR) is 183 cm³/mol. The van der Waals surface area contributed by atoms with Crippen LogP contribution in [0.3, 0.4) is 0 Å². The minimum atomic E-state index is -1.81. The van der Waals surface area contributed by atoms with Gasteiger partial charge >= 0.3 is 18.2 Å². The molecule has 0 aliphatic heterocycles. The van der Waals surface area contributed by atoms with E-state index < -0.39 is 28.1 Å². The van der Waals surface area contributed by atoms with Gasteiger partial charge in [-0.05, 0) is 37.1 Å². The first-order chi connectivity index (χ1) is 21.8. The first-order valence-electron chi connectivity index (χ1n) is 15.8. The molecule has 0 saturated carbocycles. The Morgan fingerprint density at radius 3 is 1.38 bits per heavy atom. The number of carbonyl (C=O) groups excluding carboxylic acids is 2. The molecule has 8 nitrogen and oxygen atoms in total. The van der Waals surface area contributed by atoms with Crippen molar-refractivity contribution in [3.8, 4) is 0 Å². The van der Waals surface area contributed by atoms with E-state index in [0.717, 1.165) is 24.2 Å². The molecule has 0 unspecified atom stereocenters. The molecule has 0 aromatic heterocycles. The second-order valence-corrected chi connectivity index (χ2v) is 20.2. The second-order valence-electron chi connectivity index (χ2n) is 10.8. The second kappa shape index (κ2) is 20.3. The maximum absolute atomic E-state index is 12.8. The molecule has 0 heterocycles. The molecule has 246 valence electrons. The van der Waals surface area contributed by atoms with E-state index in [2.05, 4.69) is 59.2 Å². The first-order valence-corrected chi connectivity index (χ1v) is 20.8. The number of hydrogen-bond acceptors (Lipinski definition) is 8. The molecular weight excluding hydrogens is 605 g/mol. The van der Waals surface area contributed by atoms with Crippen molar-refractivity contribution in [2.75, 3.05) is 26.4 Å². The van der Waals surface area contributed by atoms with Crippen LogP contribution >= 0.6 is 0 Å².